The molecule has 3 nitrogen and oxygen atoms in total. The quantitative estimate of drug-likeness (QED) is 0.410. The first-order chi connectivity index (χ1) is 14.8. The molecule has 0 saturated carbocycles. The Labute approximate surface area is 177 Å². The predicted octanol–water partition coefficient (Wildman–Crippen LogP) is 5.83. The van der Waals surface area contributed by atoms with E-state index in [0.29, 0.717) is 0 Å². The largest absolute Gasteiger partial charge is 0.497 e. The Bertz CT molecular complexity index is 1190. The third-order valence-corrected chi connectivity index (χ3v) is 4.77. The lowest BCUT2D eigenvalue weighted by Gasteiger charge is -2.11. The van der Waals surface area contributed by atoms with Crippen LogP contribution in [0.4, 0.5) is 0 Å². The maximum Gasteiger partial charge on any atom is 0.118 e. The van der Waals surface area contributed by atoms with Crippen LogP contribution < -0.4 is 9.47 Å². The molecule has 1 heterocycles. The topological polar surface area (TPSA) is 31.4 Å². The van der Waals surface area contributed by atoms with Crippen molar-refractivity contribution in [2.45, 2.75) is 0 Å². The van der Waals surface area contributed by atoms with Crippen molar-refractivity contribution in [3.8, 4) is 45.7 Å². The van der Waals surface area contributed by atoms with Gasteiger partial charge in [0, 0.05) is 16.7 Å². The molecule has 0 saturated heterocycles. The number of hydrogen-bond donors (Lipinski definition) is 0. The Morgan fingerprint density at radius 3 is 1.80 bits per heavy atom. The minimum atomic E-state index is 0.724. The second-order valence-corrected chi connectivity index (χ2v) is 6.67. The van der Waals surface area contributed by atoms with Crippen LogP contribution in [0, 0.1) is 11.8 Å². The standard InChI is InChI=1S/C27H21NO2/c1-29-24-15-9-21(10-16-24)26-19-14-23(13-8-20-6-4-3-5-7-20)28-27(26)22-11-17-25(30-2)18-12-22/h3-7,9-12,14-19H,1-2H3. The van der Waals surface area contributed by atoms with Gasteiger partial charge >= 0.3 is 0 Å². The fourth-order valence-electron chi connectivity index (χ4n) is 3.16. The molecule has 4 aromatic rings. The van der Waals surface area contributed by atoms with Crippen LogP contribution in [0.3, 0.4) is 0 Å². The molecule has 0 N–H and O–H groups in total. The molecule has 0 aliphatic rings. The van der Waals surface area contributed by atoms with Crippen molar-refractivity contribution in [1.82, 2.24) is 4.98 Å². The number of pyridine rings is 1. The molecular weight excluding hydrogens is 370 g/mol. The smallest absolute Gasteiger partial charge is 0.118 e. The Morgan fingerprint density at radius 1 is 0.600 bits per heavy atom. The first-order valence-electron chi connectivity index (χ1n) is 9.64. The second kappa shape index (κ2) is 8.98. The van der Waals surface area contributed by atoms with E-state index in [4.69, 9.17) is 14.5 Å². The van der Waals surface area contributed by atoms with Gasteiger partial charge in [0.05, 0.1) is 19.9 Å². The molecule has 30 heavy (non-hydrogen) atoms. The third kappa shape index (κ3) is 4.34. The third-order valence-electron chi connectivity index (χ3n) is 4.77. The van der Waals surface area contributed by atoms with Gasteiger partial charge in [-0.3, -0.25) is 0 Å². The molecule has 0 fully saturated rings. The molecule has 146 valence electrons. The van der Waals surface area contributed by atoms with E-state index in [1.54, 1.807) is 14.2 Å². The maximum atomic E-state index is 5.30. The Morgan fingerprint density at radius 2 is 1.20 bits per heavy atom. The molecule has 0 aliphatic heterocycles. The number of hydrogen-bond acceptors (Lipinski definition) is 3. The zero-order valence-corrected chi connectivity index (χ0v) is 16.9. The minimum absolute atomic E-state index is 0.724. The summed E-state index contributed by atoms with van der Waals surface area (Å²) >= 11 is 0. The highest BCUT2D eigenvalue weighted by Gasteiger charge is 2.11. The van der Waals surface area contributed by atoms with Crippen molar-refractivity contribution in [1.29, 1.82) is 0 Å². The number of methoxy groups -OCH3 is 2. The maximum absolute atomic E-state index is 5.30. The molecule has 0 bridgehead atoms. The van der Waals surface area contributed by atoms with Gasteiger partial charge in [-0.25, -0.2) is 4.98 Å². The molecule has 0 aliphatic carbocycles. The van der Waals surface area contributed by atoms with E-state index in [9.17, 15) is 0 Å². The lowest BCUT2D eigenvalue weighted by molar-refractivity contribution is 0.414. The Hall–Kier alpha value is -4.03. The van der Waals surface area contributed by atoms with Gasteiger partial charge in [0.15, 0.2) is 0 Å². The van der Waals surface area contributed by atoms with E-state index in [2.05, 4.69) is 17.9 Å². The minimum Gasteiger partial charge on any atom is -0.497 e. The van der Waals surface area contributed by atoms with Gasteiger partial charge in [-0.2, -0.15) is 0 Å². The fraction of sp³-hybridized carbons (Fsp3) is 0.0741. The summed E-state index contributed by atoms with van der Waals surface area (Å²) in [6.45, 7) is 0. The zero-order chi connectivity index (χ0) is 20.8. The SMILES string of the molecule is COc1ccc(-c2ccc(C#Cc3ccccc3)nc2-c2ccc(OC)cc2)cc1. The van der Waals surface area contributed by atoms with Crippen molar-refractivity contribution < 1.29 is 9.47 Å². The van der Waals surface area contributed by atoms with Crippen molar-refractivity contribution >= 4 is 0 Å². The summed E-state index contributed by atoms with van der Waals surface area (Å²) in [4.78, 5) is 4.89. The summed E-state index contributed by atoms with van der Waals surface area (Å²) in [6, 6.07) is 29.9. The molecule has 0 radical (unpaired) electrons. The summed E-state index contributed by atoms with van der Waals surface area (Å²) in [7, 11) is 3.33. The van der Waals surface area contributed by atoms with Gasteiger partial charge in [0.2, 0.25) is 0 Å². The first kappa shape index (κ1) is 19.3. The van der Waals surface area contributed by atoms with Crippen LogP contribution in [0.1, 0.15) is 11.3 Å². The Balaban J connectivity index is 1.79. The van der Waals surface area contributed by atoms with Gasteiger partial charge in [-0.15, -0.1) is 0 Å². The lowest BCUT2D eigenvalue weighted by Crippen LogP contribution is -1.93. The summed E-state index contributed by atoms with van der Waals surface area (Å²) < 4.78 is 10.6. The van der Waals surface area contributed by atoms with Gasteiger partial charge in [0.1, 0.15) is 17.2 Å². The van der Waals surface area contributed by atoms with E-state index in [1.165, 1.54) is 0 Å². The monoisotopic (exact) mass is 391 g/mol. The molecule has 4 rings (SSSR count). The van der Waals surface area contributed by atoms with Crippen LogP contribution in [-0.2, 0) is 0 Å². The van der Waals surface area contributed by atoms with E-state index >= 15 is 0 Å². The average molecular weight is 391 g/mol. The van der Waals surface area contributed by atoms with Crippen LogP contribution >= 0.6 is 0 Å². The Kier molecular flexibility index (Phi) is 5.78. The molecule has 0 atom stereocenters. The van der Waals surface area contributed by atoms with Crippen LogP contribution in [0.15, 0.2) is 91.0 Å². The summed E-state index contributed by atoms with van der Waals surface area (Å²) in [5.74, 6) is 8.00. The van der Waals surface area contributed by atoms with E-state index in [-0.39, 0.29) is 0 Å². The highest BCUT2D eigenvalue weighted by Crippen LogP contribution is 2.32. The highest BCUT2D eigenvalue weighted by atomic mass is 16.5. The van der Waals surface area contributed by atoms with Crippen molar-refractivity contribution in [2.24, 2.45) is 0 Å². The van der Waals surface area contributed by atoms with Crippen molar-refractivity contribution in [2.75, 3.05) is 14.2 Å². The predicted molar refractivity (Wildman–Crippen MR) is 121 cm³/mol. The average Bonchev–Trinajstić information content (AvgIpc) is 2.83. The van der Waals surface area contributed by atoms with Gasteiger partial charge in [0.25, 0.3) is 0 Å². The molecule has 0 unspecified atom stereocenters. The van der Waals surface area contributed by atoms with Crippen LogP contribution in [-0.4, -0.2) is 19.2 Å². The van der Waals surface area contributed by atoms with Crippen LogP contribution in [0.2, 0.25) is 0 Å². The lowest BCUT2D eigenvalue weighted by atomic mass is 9.98. The summed E-state index contributed by atoms with van der Waals surface area (Å²) in [5.41, 5.74) is 5.67. The number of nitrogens with zero attached hydrogens (tertiary/aromatic N) is 1. The van der Waals surface area contributed by atoms with Crippen molar-refractivity contribution in [3.05, 3.63) is 102 Å². The molecular formula is C27H21NO2. The second-order valence-electron chi connectivity index (χ2n) is 6.67. The van der Waals surface area contributed by atoms with Gasteiger partial charge in [-0.1, -0.05) is 36.3 Å². The molecule has 3 aromatic carbocycles. The molecule has 0 spiro atoms. The highest BCUT2D eigenvalue weighted by molar-refractivity contribution is 5.81. The summed E-state index contributed by atoms with van der Waals surface area (Å²) in [6.07, 6.45) is 0. The number of aromatic nitrogens is 1. The zero-order valence-electron chi connectivity index (χ0n) is 16.9. The first-order valence-corrected chi connectivity index (χ1v) is 9.64. The molecule has 0 amide bonds. The number of benzene rings is 3. The fourth-order valence-corrected chi connectivity index (χ4v) is 3.16. The number of ether oxygens (including phenoxy) is 2. The van der Waals surface area contributed by atoms with E-state index in [0.717, 1.165) is 45.1 Å². The van der Waals surface area contributed by atoms with Crippen LogP contribution in [0.25, 0.3) is 22.4 Å². The van der Waals surface area contributed by atoms with Gasteiger partial charge < -0.3 is 9.47 Å². The van der Waals surface area contributed by atoms with Crippen LogP contribution in [0.5, 0.6) is 11.5 Å². The van der Waals surface area contributed by atoms with Crippen molar-refractivity contribution in [3.63, 3.8) is 0 Å². The number of rotatable bonds is 4. The van der Waals surface area contributed by atoms with E-state index < -0.39 is 0 Å². The summed E-state index contributed by atoms with van der Waals surface area (Å²) in [5, 5.41) is 0. The molecule has 3 heteroatoms. The normalized spacial score (nSPS) is 10.1. The van der Waals surface area contributed by atoms with E-state index in [1.807, 2.05) is 84.9 Å². The molecule has 1 aromatic heterocycles. The van der Waals surface area contributed by atoms with Gasteiger partial charge in [-0.05, 0) is 72.1 Å².